The molecule has 0 fully saturated rings. The summed E-state index contributed by atoms with van der Waals surface area (Å²) in [6, 6.07) is 27.2. The third-order valence-electron chi connectivity index (χ3n) is 9.91. The van der Waals surface area contributed by atoms with Crippen molar-refractivity contribution in [2.75, 3.05) is 6.54 Å². The number of H-pyrrole nitrogens is 1. The highest BCUT2D eigenvalue weighted by Gasteiger charge is 2.45. The standard InChI is InChI=1S/C38H40N4O6/c1-4-26-29(32-34(43)40(2)37(44)41(3)35(32)48-36(26)46-22-24-13-7-5-8-14-24)21-31-33-28(27-17-11-12-18-30(27)39-33)19-20-42(31)38(45)47-23-25-15-9-6-10-16-25/h5-18,26,29,31,36,39H,4,19-23H2,1-3H3/t26-,29-,31-,36+/m1/s1. The predicted molar refractivity (Wildman–Crippen MR) is 182 cm³/mol. The van der Waals surface area contributed by atoms with Crippen molar-refractivity contribution in [3.05, 3.63) is 134 Å². The molecule has 0 radical (unpaired) electrons. The van der Waals surface area contributed by atoms with Crippen molar-refractivity contribution in [2.45, 2.75) is 57.6 Å². The van der Waals surface area contributed by atoms with Crippen molar-refractivity contribution < 1.29 is 19.0 Å². The molecule has 7 rings (SSSR count). The van der Waals surface area contributed by atoms with Crippen LogP contribution in [0.25, 0.3) is 10.9 Å². The van der Waals surface area contributed by atoms with Gasteiger partial charge in [0.05, 0.1) is 18.2 Å². The molecule has 2 aliphatic heterocycles. The molecule has 10 heteroatoms. The Morgan fingerprint density at radius 1 is 0.896 bits per heavy atom. The zero-order valence-electron chi connectivity index (χ0n) is 27.4. The van der Waals surface area contributed by atoms with E-state index >= 15 is 0 Å². The van der Waals surface area contributed by atoms with Crippen LogP contribution in [0.15, 0.2) is 94.5 Å². The van der Waals surface area contributed by atoms with Crippen LogP contribution < -0.4 is 16.0 Å². The fraction of sp³-hybridized carbons (Fsp3) is 0.342. The van der Waals surface area contributed by atoms with Crippen LogP contribution in [0.3, 0.4) is 0 Å². The van der Waals surface area contributed by atoms with Gasteiger partial charge in [-0.3, -0.25) is 18.8 Å². The van der Waals surface area contributed by atoms with Gasteiger partial charge >= 0.3 is 11.8 Å². The summed E-state index contributed by atoms with van der Waals surface area (Å²) >= 11 is 0. The first-order chi connectivity index (χ1) is 23.4. The summed E-state index contributed by atoms with van der Waals surface area (Å²) in [5.74, 6) is -0.443. The van der Waals surface area contributed by atoms with Gasteiger partial charge < -0.3 is 19.2 Å². The number of carbonyl (C=O) groups is 1. The van der Waals surface area contributed by atoms with Crippen LogP contribution >= 0.6 is 0 Å². The van der Waals surface area contributed by atoms with Gasteiger partial charge in [0.1, 0.15) is 6.61 Å². The fourth-order valence-electron chi connectivity index (χ4n) is 7.42. The second-order valence-electron chi connectivity index (χ2n) is 12.7. The summed E-state index contributed by atoms with van der Waals surface area (Å²) in [5, 5.41) is 1.12. The van der Waals surface area contributed by atoms with Gasteiger partial charge in [-0.1, -0.05) is 85.8 Å². The Morgan fingerprint density at radius 2 is 1.56 bits per heavy atom. The predicted octanol–water partition coefficient (Wildman–Crippen LogP) is 5.94. The maximum Gasteiger partial charge on any atom is 0.410 e. The number of aromatic nitrogens is 3. The average molecular weight is 649 g/mol. The largest absolute Gasteiger partial charge is 0.449 e. The summed E-state index contributed by atoms with van der Waals surface area (Å²) in [6.07, 6.45) is 0.554. The Balaban J connectivity index is 1.30. The number of amides is 1. The maximum atomic E-state index is 14.0. The number of para-hydroxylation sites is 1. The molecular weight excluding hydrogens is 608 g/mol. The molecule has 48 heavy (non-hydrogen) atoms. The van der Waals surface area contributed by atoms with Crippen molar-refractivity contribution in [3.8, 4) is 5.88 Å². The minimum Gasteiger partial charge on any atom is -0.449 e. The zero-order valence-corrected chi connectivity index (χ0v) is 27.4. The lowest BCUT2D eigenvalue weighted by Gasteiger charge is -2.42. The third kappa shape index (κ3) is 5.70. The van der Waals surface area contributed by atoms with Gasteiger partial charge in [0, 0.05) is 49.1 Å². The summed E-state index contributed by atoms with van der Waals surface area (Å²) in [5.41, 5.74) is 4.52. The van der Waals surface area contributed by atoms with E-state index in [2.05, 4.69) is 18.0 Å². The lowest BCUT2D eigenvalue weighted by Crippen LogP contribution is -2.49. The van der Waals surface area contributed by atoms with E-state index in [1.807, 2.05) is 78.9 Å². The molecule has 248 valence electrons. The van der Waals surface area contributed by atoms with Crippen LogP contribution in [0.5, 0.6) is 5.88 Å². The molecule has 1 N–H and O–H groups in total. The summed E-state index contributed by atoms with van der Waals surface area (Å²) in [6.45, 7) is 2.96. The van der Waals surface area contributed by atoms with Crippen molar-refractivity contribution in [3.63, 3.8) is 0 Å². The zero-order chi connectivity index (χ0) is 33.4. The molecule has 3 aromatic carbocycles. The van der Waals surface area contributed by atoms with E-state index in [0.717, 1.165) is 37.9 Å². The second-order valence-corrected chi connectivity index (χ2v) is 12.7. The molecule has 2 aromatic heterocycles. The SMILES string of the molecule is CC[C@H]1[C@@H](OCc2ccccc2)Oc2c(c(=O)n(C)c(=O)n2C)[C@@H]1C[C@@H]1c2[nH]c3ccccc3c2CCN1C(=O)OCc1ccccc1. The van der Waals surface area contributed by atoms with Gasteiger partial charge in [0.2, 0.25) is 12.2 Å². The molecule has 1 amide bonds. The first-order valence-electron chi connectivity index (χ1n) is 16.5. The maximum absolute atomic E-state index is 14.0. The number of hydrogen-bond acceptors (Lipinski definition) is 6. The quantitative estimate of drug-likeness (QED) is 0.223. The topological polar surface area (TPSA) is 108 Å². The molecule has 0 unspecified atom stereocenters. The van der Waals surface area contributed by atoms with E-state index in [4.69, 9.17) is 14.2 Å². The van der Waals surface area contributed by atoms with Crippen molar-refractivity contribution in [1.29, 1.82) is 0 Å². The molecule has 0 spiro atoms. The van der Waals surface area contributed by atoms with E-state index in [1.165, 1.54) is 11.6 Å². The Labute approximate surface area is 278 Å². The molecular formula is C38H40N4O6. The molecule has 4 heterocycles. The third-order valence-corrected chi connectivity index (χ3v) is 9.91. The van der Waals surface area contributed by atoms with Gasteiger partial charge in [-0.05, 0) is 42.0 Å². The number of nitrogens with one attached hydrogen (secondary N) is 1. The lowest BCUT2D eigenvalue weighted by atomic mass is 9.77. The monoisotopic (exact) mass is 648 g/mol. The van der Waals surface area contributed by atoms with Crippen LogP contribution in [0.1, 0.15) is 59.7 Å². The van der Waals surface area contributed by atoms with Gasteiger partial charge in [-0.25, -0.2) is 9.59 Å². The van der Waals surface area contributed by atoms with Crippen molar-refractivity contribution in [1.82, 2.24) is 19.0 Å². The fourth-order valence-corrected chi connectivity index (χ4v) is 7.42. The molecule has 0 bridgehead atoms. The molecule has 5 aromatic rings. The molecule has 0 aliphatic carbocycles. The second kappa shape index (κ2) is 13.2. The lowest BCUT2D eigenvalue weighted by molar-refractivity contribution is -0.146. The number of hydrogen-bond donors (Lipinski definition) is 1. The molecule has 4 atom stereocenters. The van der Waals surface area contributed by atoms with Crippen molar-refractivity contribution in [2.24, 2.45) is 20.0 Å². The minimum absolute atomic E-state index is 0.151. The number of fused-ring (bicyclic) bond motifs is 4. The molecule has 0 saturated carbocycles. The summed E-state index contributed by atoms with van der Waals surface area (Å²) < 4.78 is 21.3. The van der Waals surface area contributed by atoms with E-state index in [1.54, 1.807) is 11.9 Å². The number of benzene rings is 3. The Bertz CT molecular complexity index is 2050. The van der Waals surface area contributed by atoms with E-state index in [-0.39, 0.29) is 18.4 Å². The number of aromatic amines is 1. The van der Waals surface area contributed by atoms with Crippen molar-refractivity contribution >= 4 is 17.0 Å². The number of rotatable bonds is 8. The van der Waals surface area contributed by atoms with Crippen LogP contribution in [-0.4, -0.2) is 37.9 Å². The van der Waals surface area contributed by atoms with Gasteiger partial charge in [-0.2, -0.15) is 0 Å². The van der Waals surface area contributed by atoms with E-state index < -0.39 is 35.6 Å². The molecule has 10 nitrogen and oxygen atoms in total. The van der Waals surface area contributed by atoms with E-state index in [9.17, 15) is 14.4 Å². The first kappa shape index (κ1) is 31.5. The highest BCUT2D eigenvalue weighted by molar-refractivity contribution is 5.85. The first-order valence-corrected chi connectivity index (χ1v) is 16.5. The number of nitrogens with zero attached hydrogens (tertiary/aromatic N) is 3. The van der Waals surface area contributed by atoms with Crippen LogP contribution in [0, 0.1) is 5.92 Å². The Kier molecular flexibility index (Phi) is 8.66. The smallest absolute Gasteiger partial charge is 0.410 e. The van der Waals surface area contributed by atoms with Gasteiger partial charge in [0.25, 0.3) is 5.56 Å². The normalized spacial score (nSPS) is 20.2. The summed E-state index contributed by atoms with van der Waals surface area (Å²) in [4.78, 5) is 46.4. The molecule has 0 saturated heterocycles. The average Bonchev–Trinajstić information content (AvgIpc) is 3.51. The number of ether oxygens (including phenoxy) is 3. The highest BCUT2D eigenvalue weighted by Crippen LogP contribution is 2.47. The van der Waals surface area contributed by atoms with Gasteiger partial charge in [0.15, 0.2) is 0 Å². The molecule has 2 aliphatic rings. The highest BCUT2D eigenvalue weighted by atomic mass is 16.7. The minimum atomic E-state index is -0.727. The van der Waals surface area contributed by atoms with Crippen LogP contribution in [-0.2, 0) is 43.2 Å². The summed E-state index contributed by atoms with van der Waals surface area (Å²) in [7, 11) is 3.10. The van der Waals surface area contributed by atoms with Gasteiger partial charge in [-0.15, -0.1) is 0 Å². The Hall–Kier alpha value is -5.09. The van der Waals surface area contributed by atoms with E-state index in [0.29, 0.717) is 38.0 Å². The van der Waals surface area contributed by atoms with Crippen LogP contribution in [0.2, 0.25) is 0 Å². The Morgan fingerprint density at radius 3 is 2.27 bits per heavy atom. The number of carbonyl (C=O) groups excluding carboxylic acids is 1. The van der Waals surface area contributed by atoms with Crippen LogP contribution in [0.4, 0.5) is 4.79 Å².